The number of thioether (sulfide) groups is 1. The molecule has 100 valence electrons. The zero-order valence-electron chi connectivity index (χ0n) is 10.6. The first-order valence-corrected chi connectivity index (χ1v) is 7.10. The van der Waals surface area contributed by atoms with Gasteiger partial charge in [-0.2, -0.15) is 0 Å². The molecule has 2 rings (SSSR count). The van der Waals surface area contributed by atoms with Crippen molar-refractivity contribution in [2.45, 2.75) is 24.6 Å². The maximum absolute atomic E-state index is 11.5. The van der Waals surface area contributed by atoms with Crippen LogP contribution in [0.3, 0.4) is 0 Å². The maximum atomic E-state index is 11.5. The lowest BCUT2D eigenvalue weighted by molar-refractivity contribution is -0.131. The first-order chi connectivity index (χ1) is 9.11. The zero-order chi connectivity index (χ0) is 13.8. The van der Waals surface area contributed by atoms with E-state index in [1.165, 1.54) is 6.92 Å². The quantitative estimate of drug-likeness (QED) is 0.498. The summed E-state index contributed by atoms with van der Waals surface area (Å²) < 4.78 is 0. The van der Waals surface area contributed by atoms with Crippen LogP contribution >= 0.6 is 11.8 Å². The Morgan fingerprint density at radius 2 is 2.05 bits per heavy atom. The number of benzene rings is 1. The van der Waals surface area contributed by atoms with Gasteiger partial charge in [-0.05, 0) is 18.9 Å². The molecule has 19 heavy (non-hydrogen) atoms. The number of aldehydes is 1. The molecule has 0 saturated carbocycles. The third kappa shape index (κ3) is 3.30. The molecule has 2 atom stereocenters. The molecule has 0 radical (unpaired) electrons. The number of Topliss-reactive ketones (excluding diaryl/α,β-unsaturated/α-hetero) is 2. The standard InChI is InChI=1S/C14H15NO3S/c1-9(17)11-4-2-10(3-5-11)6-13-14(12(18)7-16)15-8-19-13/h2-5,7,13-15H,6,8H2,1H3. The van der Waals surface area contributed by atoms with Gasteiger partial charge in [-0.1, -0.05) is 24.3 Å². The lowest BCUT2D eigenvalue weighted by Gasteiger charge is -2.15. The Bertz CT molecular complexity index is 498. The Balaban J connectivity index is 2.06. The van der Waals surface area contributed by atoms with Crippen LogP contribution in [0.2, 0.25) is 0 Å². The molecule has 5 heteroatoms. The van der Waals surface area contributed by atoms with Crippen LogP contribution in [0.15, 0.2) is 24.3 Å². The Labute approximate surface area is 116 Å². The second kappa shape index (κ2) is 6.12. The molecule has 0 aromatic heterocycles. The molecule has 1 saturated heterocycles. The molecule has 1 aromatic carbocycles. The molecule has 0 bridgehead atoms. The molecule has 0 spiro atoms. The van der Waals surface area contributed by atoms with Crippen molar-refractivity contribution < 1.29 is 14.4 Å². The molecule has 1 aromatic rings. The van der Waals surface area contributed by atoms with E-state index >= 15 is 0 Å². The Hall–Kier alpha value is -1.46. The number of nitrogens with one attached hydrogen (secondary N) is 1. The van der Waals surface area contributed by atoms with Crippen LogP contribution < -0.4 is 5.32 Å². The molecule has 1 fully saturated rings. The van der Waals surface area contributed by atoms with E-state index < -0.39 is 11.8 Å². The van der Waals surface area contributed by atoms with Crippen LogP contribution in [-0.2, 0) is 16.0 Å². The maximum Gasteiger partial charge on any atom is 0.213 e. The van der Waals surface area contributed by atoms with E-state index in [4.69, 9.17) is 0 Å². The van der Waals surface area contributed by atoms with Crippen LogP contribution in [-0.4, -0.2) is 35.0 Å². The lowest BCUT2D eigenvalue weighted by Crippen LogP contribution is -2.39. The monoisotopic (exact) mass is 277 g/mol. The van der Waals surface area contributed by atoms with E-state index in [2.05, 4.69) is 5.32 Å². The molecular weight excluding hydrogens is 262 g/mol. The SMILES string of the molecule is CC(=O)c1ccc(CC2SCNC2C(=O)C=O)cc1. The fourth-order valence-electron chi connectivity index (χ4n) is 2.11. The number of carbonyl (C=O) groups is 3. The highest BCUT2D eigenvalue weighted by molar-refractivity contribution is 8.00. The largest absolute Gasteiger partial charge is 0.297 e. The second-order valence-electron chi connectivity index (χ2n) is 4.51. The minimum Gasteiger partial charge on any atom is -0.297 e. The highest BCUT2D eigenvalue weighted by Crippen LogP contribution is 2.25. The van der Waals surface area contributed by atoms with Crippen molar-refractivity contribution in [3.8, 4) is 0 Å². The highest BCUT2D eigenvalue weighted by atomic mass is 32.2. The van der Waals surface area contributed by atoms with Gasteiger partial charge in [-0.3, -0.25) is 19.7 Å². The topological polar surface area (TPSA) is 63.2 Å². The number of hydrogen-bond acceptors (Lipinski definition) is 5. The average Bonchev–Trinajstić information content (AvgIpc) is 2.86. The van der Waals surface area contributed by atoms with Gasteiger partial charge in [-0.25, -0.2) is 0 Å². The first kappa shape index (κ1) is 14.0. The molecule has 0 aliphatic carbocycles. The van der Waals surface area contributed by atoms with Gasteiger partial charge in [0.25, 0.3) is 0 Å². The first-order valence-electron chi connectivity index (χ1n) is 6.05. The minimum absolute atomic E-state index is 0.0393. The van der Waals surface area contributed by atoms with Gasteiger partial charge in [-0.15, -0.1) is 11.8 Å². The van der Waals surface area contributed by atoms with Gasteiger partial charge in [0, 0.05) is 16.7 Å². The van der Waals surface area contributed by atoms with E-state index in [0.29, 0.717) is 24.1 Å². The van der Waals surface area contributed by atoms with Crippen molar-refractivity contribution in [1.82, 2.24) is 5.32 Å². The van der Waals surface area contributed by atoms with E-state index in [9.17, 15) is 14.4 Å². The molecule has 0 amide bonds. The molecule has 1 aliphatic rings. The van der Waals surface area contributed by atoms with Crippen molar-refractivity contribution in [1.29, 1.82) is 0 Å². The molecule has 1 N–H and O–H groups in total. The van der Waals surface area contributed by atoms with Crippen LogP contribution in [0, 0.1) is 0 Å². The Morgan fingerprint density at radius 3 is 2.63 bits per heavy atom. The normalized spacial score (nSPS) is 22.2. The molecule has 1 heterocycles. The van der Waals surface area contributed by atoms with E-state index in [-0.39, 0.29) is 11.0 Å². The number of ketones is 2. The Morgan fingerprint density at radius 1 is 1.37 bits per heavy atom. The zero-order valence-corrected chi connectivity index (χ0v) is 11.4. The van der Waals surface area contributed by atoms with E-state index in [1.54, 1.807) is 23.9 Å². The van der Waals surface area contributed by atoms with Crippen LogP contribution in [0.25, 0.3) is 0 Å². The molecule has 1 aliphatic heterocycles. The van der Waals surface area contributed by atoms with Gasteiger partial charge >= 0.3 is 0 Å². The summed E-state index contributed by atoms with van der Waals surface area (Å²) in [6.07, 6.45) is 1.09. The van der Waals surface area contributed by atoms with E-state index in [1.807, 2.05) is 12.1 Å². The summed E-state index contributed by atoms with van der Waals surface area (Å²) in [5.41, 5.74) is 1.75. The predicted octanol–water partition coefficient (Wildman–Crippen LogP) is 1.23. The van der Waals surface area contributed by atoms with Crippen molar-refractivity contribution in [2.75, 3.05) is 5.88 Å². The van der Waals surface area contributed by atoms with Crippen molar-refractivity contribution in [3.63, 3.8) is 0 Å². The highest BCUT2D eigenvalue weighted by Gasteiger charge is 2.32. The fourth-order valence-corrected chi connectivity index (χ4v) is 3.34. The summed E-state index contributed by atoms with van der Waals surface area (Å²) in [5.74, 6) is 0.327. The third-order valence-corrected chi connectivity index (χ3v) is 4.39. The van der Waals surface area contributed by atoms with E-state index in [0.717, 1.165) is 5.56 Å². The summed E-state index contributed by atoms with van der Waals surface area (Å²) in [6.45, 7) is 1.53. The molecule has 2 unspecified atom stereocenters. The summed E-state index contributed by atoms with van der Waals surface area (Å²) in [5, 5.41) is 3.11. The van der Waals surface area contributed by atoms with Crippen LogP contribution in [0.4, 0.5) is 0 Å². The van der Waals surface area contributed by atoms with Crippen LogP contribution in [0.5, 0.6) is 0 Å². The third-order valence-electron chi connectivity index (χ3n) is 3.19. The number of rotatable bonds is 5. The smallest absolute Gasteiger partial charge is 0.213 e. The second-order valence-corrected chi connectivity index (χ2v) is 5.74. The number of carbonyl (C=O) groups excluding carboxylic acids is 3. The summed E-state index contributed by atoms with van der Waals surface area (Å²) >= 11 is 1.64. The molecule has 4 nitrogen and oxygen atoms in total. The lowest BCUT2D eigenvalue weighted by atomic mass is 10.0. The van der Waals surface area contributed by atoms with Gasteiger partial charge in [0.05, 0.1) is 6.04 Å². The Kier molecular flexibility index (Phi) is 4.50. The summed E-state index contributed by atoms with van der Waals surface area (Å²) in [7, 11) is 0. The summed E-state index contributed by atoms with van der Waals surface area (Å²) in [6, 6.07) is 6.99. The van der Waals surface area contributed by atoms with Gasteiger partial charge < -0.3 is 0 Å². The van der Waals surface area contributed by atoms with Gasteiger partial charge in [0.1, 0.15) is 0 Å². The predicted molar refractivity (Wildman–Crippen MR) is 74.4 cm³/mol. The summed E-state index contributed by atoms with van der Waals surface area (Å²) in [4.78, 5) is 33.2. The average molecular weight is 277 g/mol. The van der Waals surface area contributed by atoms with Crippen LogP contribution in [0.1, 0.15) is 22.8 Å². The van der Waals surface area contributed by atoms with Gasteiger partial charge in [0.15, 0.2) is 12.1 Å². The molecular formula is C14H15NO3S. The van der Waals surface area contributed by atoms with Gasteiger partial charge in [0.2, 0.25) is 5.78 Å². The van der Waals surface area contributed by atoms with Crippen molar-refractivity contribution in [3.05, 3.63) is 35.4 Å². The van der Waals surface area contributed by atoms with Crippen molar-refractivity contribution in [2.24, 2.45) is 0 Å². The minimum atomic E-state index is -0.394. The number of hydrogen-bond donors (Lipinski definition) is 1. The fraction of sp³-hybridized carbons (Fsp3) is 0.357. The van der Waals surface area contributed by atoms with Crippen molar-refractivity contribution >= 4 is 29.6 Å².